The van der Waals surface area contributed by atoms with Crippen molar-refractivity contribution < 1.29 is 14.3 Å². The molecule has 2 N–H and O–H groups in total. The van der Waals surface area contributed by atoms with Crippen molar-refractivity contribution in [1.29, 1.82) is 0 Å². The molecule has 2 amide bonds. The SMILES string of the molecule is NC[C@]1(c2cccc(Cl)c2)CC[C@H](N2CCn3c(nnc3-c3cccc(C(=O)N4CCOCC4)c3)C2=O)CC1. The summed E-state index contributed by atoms with van der Waals surface area (Å²) in [6.07, 6.45) is 3.56. The molecular formula is C29H33ClN6O3. The molecule has 1 saturated carbocycles. The second-order valence-corrected chi connectivity index (χ2v) is 11.1. The van der Waals surface area contributed by atoms with E-state index in [1.807, 2.05) is 51.9 Å². The van der Waals surface area contributed by atoms with Gasteiger partial charge >= 0.3 is 0 Å². The van der Waals surface area contributed by atoms with Crippen LogP contribution in [0.25, 0.3) is 11.4 Å². The highest BCUT2D eigenvalue weighted by Crippen LogP contribution is 2.41. The number of nitrogens with two attached hydrogens (primary N) is 1. The third-order valence-electron chi connectivity index (χ3n) is 8.61. The first kappa shape index (κ1) is 26.0. The molecule has 10 heteroatoms. The molecule has 0 unspecified atom stereocenters. The molecule has 0 radical (unpaired) electrons. The molecule has 6 rings (SSSR count). The summed E-state index contributed by atoms with van der Waals surface area (Å²) in [4.78, 5) is 30.4. The fraction of sp³-hybridized carbons (Fsp3) is 0.448. The fourth-order valence-electron chi connectivity index (χ4n) is 6.31. The molecular weight excluding hydrogens is 516 g/mol. The summed E-state index contributed by atoms with van der Waals surface area (Å²) in [5.74, 6) is 0.853. The van der Waals surface area contributed by atoms with Gasteiger partial charge in [-0.1, -0.05) is 35.9 Å². The van der Waals surface area contributed by atoms with E-state index in [0.29, 0.717) is 63.1 Å². The van der Waals surface area contributed by atoms with Crippen LogP contribution in [0.3, 0.4) is 0 Å². The van der Waals surface area contributed by atoms with E-state index in [1.54, 1.807) is 4.90 Å². The number of hydrogen-bond acceptors (Lipinski definition) is 6. The van der Waals surface area contributed by atoms with Gasteiger partial charge in [0.05, 0.1) is 13.2 Å². The Hall–Kier alpha value is -3.27. The first-order valence-corrected chi connectivity index (χ1v) is 14.0. The number of hydrogen-bond donors (Lipinski definition) is 1. The minimum Gasteiger partial charge on any atom is -0.378 e. The Kier molecular flexibility index (Phi) is 7.14. The van der Waals surface area contributed by atoms with Crippen LogP contribution in [0.5, 0.6) is 0 Å². The van der Waals surface area contributed by atoms with Crippen molar-refractivity contribution in [3.8, 4) is 11.4 Å². The molecule has 3 aromatic rings. The van der Waals surface area contributed by atoms with Crippen LogP contribution in [0.4, 0.5) is 0 Å². The molecule has 1 saturated heterocycles. The standard InChI is InChI=1S/C29H33ClN6O3/c30-23-6-2-5-22(18-23)29(19-31)9-7-24(8-10-29)35-11-12-36-25(32-33-26(36)28(35)38)20-3-1-4-21(17-20)27(37)34-13-15-39-16-14-34/h1-6,17-18,24H,7-16,19,31H2/t24-,29-. The Morgan fingerprint density at radius 3 is 2.49 bits per heavy atom. The molecule has 1 aliphatic carbocycles. The van der Waals surface area contributed by atoms with Crippen LogP contribution in [-0.4, -0.2) is 81.8 Å². The molecule has 1 aromatic heterocycles. The molecule has 204 valence electrons. The number of nitrogens with zero attached hydrogens (tertiary/aromatic N) is 5. The van der Waals surface area contributed by atoms with Gasteiger partial charge in [-0.3, -0.25) is 9.59 Å². The van der Waals surface area contributed by atoms with Gasteiger partial charge in [-0.2, -0.15) is 0 Å². The van der Waals surface area contributed by atoms with Crippen LogP contribution in [-0.2, 0) is 16.7 Å². The van der Waals surface area contributed by atoms with Crippen LogP contribution >= 0.6 is 11.6 Å². The molecule has 2 fully saturated rings. The third kappa shape index (κ3) is 4.83. The molecule has 39 heavy (non-hydrogen) atoms. The maximum atomic E-state index is 13.6. The van der Waals surface area contributed by atoms with Gasteiger partial charge in [-0.15, -0.1) is 10.2 Å². The van der Waals surface area contributed by atoms with Crippen LogP contribution < -0.4 is 5.73 Å². The number of carbonyl (C=O) groups is 2. The van der Waals surface area contributed by atoms with E-state index >= 15 is 0 Å². The second-order valence-electron chi connectivity index (χ2n) is 10.7. The van der Waals surface area contributed by atoms with Gasteiger partial charge in [0, 0.05) is 60.3 Å². The van der Waals surface area contributed by atoms with Crippen molar-refractivity contribution in [2.24, 2.45) is 5.73 Å². The number of aromatic nitrogens is 3. The smallest absolute Gasteiger partial charge is 0.292 e. The maximum absolute atomic E-state index is 13.6. The van der Waals surface area contributed by atoms with Crippen molar-refractivity contribution in [2.75, 3.05) is 39.4 Å². The maximum Gasteiger partial charge on any atom is 0.292 e. The van der Waals surface area contributed by atoms with Crippen molar-refractivity contribution in [3.05, 3.63) is 70.5 Å². The minimum atomic E-state index is -0.114. The third-order valence-corrected chi connectivity index (χ3v) is 8.85. The number of rotatable bonds is 5. The Morgan fingerprint density at radius 1 is 1.00 bits per heavy atom. The normalized spacial score (nSPS) is 23.5. The summed E-state index contributed by atoms with van der Waals surface area (Å²) in [6, 6.07) is 15.6. The van der Waals surface area contributed by atoms with Crippen molar-refractivity contribution in [3.63, 3.8) is 0 Å². The molecule has 3 aliphatic rings. The summed E-state index contributed by atoms with van der Waals surface area (Å²) < 4.78 is 7.26. The Balaban J connectivity index is 1.17. The molecule has 0 bridgehead atoms. The number of benzene rings is 2. The Labute approximate surface area is 232 Å². The largest absolute Gasteiger partial charge is 0.378 e. The molecule has 2 aliphatic heterocycles. The number of amides is 2. The van der Waals surface area contributed by atoms with Gasteiger partial charge in [-0.25, -0.2) is 0 Å². The second kappa shape index (κ2) is 10.7. The number of carbonyl (C=O) groups excluding carboxylic acids is 2. The highest BCUT2D eigenvalue weighted by molar-refractivity contribution is 6.30. The first-order chi connectivity index (χ1) is 19.0. The van der Waals surface area contributed by atoms with Crippen LogP contribution in [0.2, 0.25) is 5.02 Å². The predicted octanol–water partition coefficient (Wildman–Crippen LogP) is 3.37. The lowest BCUT2D eigenvalue weighted by molar-refractivity contribution is 0.0303. The van der Waals surface area contributed by atoms with E-state index in [4.69, 9.17) is 22.1 Å². The zero-order chi connectivity index (χ0) is 27.0. The average molecular weight is 549 g/mol. The molecule has 3 heterocycles. The van der Waals surface area contributed by atoms with E-state index in [1.165, 1.54) is 5.56 Å². The number of halogens is 1. The minimum absolute atomic E-state index is 0.0237. The summed E-state index contributed by atoms with van der Waals surface area (Å²) in [6.45, 7) is 4.03. The van der Waals surface area contributed by atoms with Gasteiger partial charge < -0.3 is 24.8 Å². The molecule has 0 spiro atoms. The van der Waals surface area contributed by atoms with Gasteiger partial charge in [-0.05, 0) is 55.5 Å². The fourth-order valence-corrected chi connectivity index (χ4v) is 6.50. The van der Waals surface area contributed by atoms with Crippen LogP contribution in [0.1, 0.15) is 52.2 Å². The van der Waals surface area contributed by atoms with E-state index in [-0.39, 0.29) is 23.3 Å². The topological polar surface area (TPSA) is 107 Å². The number of fused-ring (bicyclic) bond motifs is 1. The van der Waals surface area contributed by atoms with E-state index < -0.39 is 0 Å². The Morgan fingerprint density at radius 2 is 1.74 bits per heavy atom. The number of ether oxygens (including phenoxy) is 1. The highest BCUT2D eigenvalue weighted by atomic mass is 35.5. The lowest BCUT2D eigenvalue weighted by Crippen LogP contribution is -2.50. The zero-order valence-corrected chi connectivity index (χ0v) is 22.6. The molecule has 9 nitrogen and oxygen atoms in total. The lowest BCUT2D eigenvalue weighted by Gasteiger charge is -2.44. The van der Waals surface area contributed by atoms with E-state index in [2.05, 4.69) is 16.3 Å². The van der Waals surface area contributed by atoms with Gasteiger partial charge in [0.2, 0.25) is 5.82 Å². The van der Waals surface area contributed by atoms with Crippen molar-refractivity contribution in [1.82, 2.24) is 24.6 Å². The monoisotopic (exact) mass is 548 g/mol. The van der Waals surface area contributed by atoms with Crippen LogP contribution in [0, 0.1) is 0 Å². The van der Waals surface area contributed by atoms with E-state index in [9.17, 15) is 9.59 Å². The van der Waals surface area contributed by atoms with Crippen molar-refractivity contribution >= 4 is 23.4 Å². The number of morpholine rings is 1. The quantitative estimate of drug-likeness (QED) is 0.524. The summed E-state index contributed by atoms with van der Waals surface area (Å²) in [5.41, 5.74) is 8.73. The van der Waals surface area contributed by atoms with Gasteiger partial charge in [0.1, 0.15) is 0 Å². The lowest BCUT2D eigenvalue weighted by atomic mass is 9.68. The van der Waals surface area contributed by atoms with Gasteiger partial charge in [0.15, 0.2) is 5.82 Å². The summed E-state index contributed by atoms with van der Waals surface area (Å²) in [7, 11) is 0. The molecule has 0 atom stereocenters. The predicted molar refractivity (Wildman–Crippen MR) is 148 cm³/mol. The van der Waals surface area contributed by atoms with E-state index in [0.717, 1.165) is 36.3 Å². The Bertz CT molecular complexity index is 1380. The first-order valence-electron chi connectivity index (χ1n) is 13.7. The highest BCUT2D eigenvalue weighted by Gasteiger charge is 2.41. The van der Waals surface area contributed by atoms with Gasteiger partial charge in [0.25, 0.3) is 11.8 Å². The zero-order valence-electron chi connectivity index (χ0n) is 21.9. The molecule has 2 aromatic carbocycles. The average Bonchev–Trinajstić information content (AvgIpc) is 3.43. The summed E-state index contributed by atoms with van der Waals surface area (Å²) in [5, 5.41) is 9.41. The summed E-state index contributed by atoms with van der Waals surface area (Å²) >= 11 is 6.27. The van der Waals surface area contributed by atoms with Crippen molar-refractivity contribution in [2.45, 2.75) is 43.7 Å². The van der Waals surface area contributed by atoms with Crippen LogP contribution in [0.15, 0.2) is 48.5 Å².